The first-order valence-corrected chi connectivity index (χ1v) is 28.6. The lowest BCUT2D eigenvalue weighted by atomic mass is 9.28. The van der Waals surface area contributed by atoms with Crippen molar-refractivity contribution in [3.05, 3.63) is 259 Å². The minimum absolute atomic E-state index is 0.142. The number of nitrogens with zero attached hydrogens (tertiary/aromatic N) is 4. The largest absolute Gasteiger partial charge is 0.458 e. The smallest absolute Gasteiger partial charge is 0.256 e. The fourth-order valence-electron chi connectivity index (χ4n) is 15.5. The minimum atomic E-state index is -0.262. The highest BCUT2D eigenvalue weighted by molar-refractivity contribution is 7.00. The molecule has 0 saturated carbocycles. The lowest BCUT2D eigenvalue weighted by Crippen LogP contribution is -2.62. The summed E-state index contributed by atoms with van der Waals surface area (Å²) in [5.74, 6) is 3.34. The van der Waals surface area contributed by atoms with E-state index in [9.17, 15) is 0 Å². The maximum atomic E-state index is 7.66. The van der Waals surface area contributed by atoms with Crippen LogP contribution in [-0.2, 0) is 5.41 Å². The highest BCUT2D eigenvalue weighted by atomic mass is 16.5. The summed E-state index contributed by atoms with van der Waals surface area (Å²) in [6.45, 7) is 4.51. The van der Waals surface area contributed by atoms with Crippen LogP contribution >= 0.6 is 0 Å². The molecule has 0 bridgehead atoms. The SMILES string of the molecule is CCC1(CC)C2=C(c3ccccc31)N(c1ccccc1)c1cc(-n3c4ccccc4c4ccccc43)cc3c1B2c1cc2c(cc1O3)Oc1cc(-n3c4ccccc4c4ccccc43)cc3c1B2c1ccccc1N3c1ccccc1. The molecule has 0 unspecified atom stereocenters. The van der Waals surface area contributed by atoms with Gasteiger partial charge in [0.25, 0.3) is 13.4 Å². The Labute approximate surface area is 470 Å². The van der Waals surface area contributed by atoms with Crippen molar-refractivity contribution in [2.75, 3.05) is 9.80 Å². The molecule has 0 radical (unpaired) electrons. The van der Waals surface area contributed by atoms with E-state index < -0.39 is 0 Å². The number of anilines is 5. The highest BCUT2D eigenvalue weighted by Gasteiger charge is 2.55. The number of aromatic nitrogens is 2. The molecule has 1 aliphatic carbocycles. The van der Waals surface area contributed by atoms with Gasteiger partial charge < -0.3 is 28.4 Å². The minimum Gasteiger partial charge on any atom is -0.458 e. The van der Waals surface area contributed by atoms with Crippen LogP contribution in [0, 0.1) is 0 Å². The molecule has 13 aromatic rings. The highest BCUT2D eigenvalue weighted by Crippen LogP contribution is 2.58. The number of allylic oxidation sites excluding steroid dienone is 1. The van der Waals surface area contributed by atoms with Crippen LogP contribution in [0.25, 0.3) is 60.7 Å². The summed E-state index contributed by atoms with van der Waals surface area (Å²) in [5.41, 5.74) is 23.4. The average Bonchev–Trinajstić information content (AvgIpc) is 4.01. The number of hydrogen-bond acceptors (Lipinski definition) is 4. The molecule has 4 aliphatic heterocycles. The van der Waals surface area contributed by atoms with Crippen molar-refractivity contribution in [3.8, 4) is 34.4 Å². The summed E-state index contributed by atoms with van der Waals surface area (Å²) in [7, 11) is 0. The second-order valence-corrected chi connectivity index (χ2v) is 22.5. The summed E-state index contributed by atoms with van der Waals surface area (Å²) >= 11 is 0. The third kappa shape index (κ3) is 5.93. The molecular weight excluding hydrogens is 986 g/mol. The van der Waals surface area contributed by atoms with Gasteiger partial charge in [-0.3, -0.25) is 0 Å². The van der Waals surface area contributed by atoms with E-state index >= 15 is 0 Å². The van der Waals surface area contributed by atoms with Crippen molar-refractivity contribution in [3.63, 3.8) is 0 Å². The molecule has 0 atom stereocenters. The van der Waals surface area contributed by atoms with Crippen molar-refractivity contribution in [1.82, 2.24) is 9.13 Å². The molecule has 0 fully saturated rings. The predicted octanol–water partition coefficient (Wildman–Crippen LogP) is 15.2. The van der Waals surface area contributed by atoms with Crippen molar-refractivity contribution < 1.29 is 9.47 Å². The summed E-state index contributed by atoms with van der Waals surface area (Å²) < 4.78 is 20.1. The van der Waals surface area contributed by atoms with E-state index in [2.05, 4.69) is 275 Å². The lowest BCUT2D eigenvalue weighted by Gasteiger charge is -2.45. The Kier molecular flexibility index (Phi) is 9.21. The van der Waals surface area contributed by atoms with E-state index in [1.807, 2.05) is 0 Å². The number of benzene rings is 11. The third-order valence-electron chi connectivity index (χ3n) is 18.9. The van der Waals surface area contributed by atoms with Crippen molar-refractivity contribution >= 4 is 118 Å². The van der Waals surface area contributed by atoms with Gasteiger partial charge in [0.2, 0.25) is 0 Å². The fourth-order valence-corrected chi connectivity index (χ4v) is 15.5. The van der Waals surface area contributed by atoms with E-state index in [4.69, 9.17) is 9.47 Å². The molecule has 0 spiro atoms. The van der Waals surface area contributed by atoms with Gasteiger partial charge in [0.05, 0.1) is 33.4 Å². The molecule has 81 heavy (non-hydrogen) atoms. The quantitative estimate of drug-likeness (QED) is 0.156. The molecule has 5 aliphatic rings. The monoisotopic (exact) mass is 1040 g/mol. The van der Waals surface area contributed by atoms with Crippen LogP contribution in [0.5, 0.6) is 23.0 Å². The first-order chi connectivity index (χ1) is 40.1. The Morgan fingerprint density at radius 2 is 0.802 bits per heavy atom. The van der Waals surface area contributed by atoms with Crippen LogP contribution in [0.4, 0.5) is 28.4 Å². The first-order valence-electron chi connectivity index (χ1n) is 28.6. The average molecular weight is 1040 g/mol. The van der Waals surface area contributed by atoms with Gasteiger partial charge >= 0.3 is 0 Å². The number of para-hydroxylation sites is 7. The second kappa shape index (κ2) is 16.6. The number of hydrogen-bond donors (Lipinski definition) is 0. The Hall–Kier alpha value is -9.91. The Balaban J connectivity index is 0.925. The van der Waals surface area contributed by atoms with Gasteiger partial charge in [0.1, 0.15) is 23.0 Å². The third-order valence-corrected chi connectivity index (χ3v) is 18.9. The zero-order chi connectivity index (χ0) is 53.2. The van der Waals surface area contributed by atoms with E-state index in [1.54, 1.807) is 0 Å². The summed E-state index contributed by atoms with van der Waals surface area (Å²) in [6.07, 6.45) is 1.90. The zero-order valence-corrected chi connectivity index (χ0v) is 44.8. The molecule has 6 nitrogen and oxygen atoms in total. The van der Waals surface area contributed by atoms with Gasteiger partial charge in [-0.1, -0.05) is 177 Å². The molecule has 0 saturated heterocycles. The predicted molar refractivity (Wildman–Crippen MR) is 337 cm³/mol. The van der Waals surface area contributed by atoms with Gasteiger partial charge in [0.15, 0.2) is 0 Å². The van der Waals surface area contributed by atoms with Gasteiger partial charge in [-0.2, -0.15) is 0 Å². The van der Waals surface area contributed by atoms with Gasteiger partial charge in [-0.15, -0.1) is 0 Å². The van der Waals surface area contributed by atoms with Crippen LogP contribution in [0.2, 0.25) is 0 Å². The van der Waals surface area contributed by atoms with Crippen LogP contribution in [0.3, 0.4) is 0 Å². The van der Waals surface area contributed by atoms with Crippen molar-refractivity contribution in [2.24, 2.45) is 0 Å². The normalized spacial score (nSPS) is 14.8. The van der Waals surface area contributed by atoms with E-state index in [1.165, 1.54) is 60.2 Å². The maximum Gasteiger partial charge on any atom is 0.256 e. The number of ether oxygens (including phenoxy) is 2. The number of fused-ring (bicyclic) bond motifs is 15. The van der Waals surface area contributed by atoms with Crippen LogP contribution in [0.1, 0.15) is 37.8 Å². The first kappa shape index (κ1) is 45.0. The van der Waals surface area contributed by atoms with Crippen molar-refractivity contribution in [2.45, 2.75) is 32.1 Å². The maximum absolute atomic E-state index is 7.66. The Morgan fingerprint density at radius 1 is 0.358 bits per heavy atom. The Bertz CT molecular complexity index is 4790. The molecular formula is C73H50B2N4O2. The second-order valence-electron chi connectivity index (χ2n) is 22.5. The van der Waals surface area contributed by atoms with Crippen LogP contribution < -0.4 is 46.6 Å². The molecule has 0 amide bonds. The molecule has 8 heteroatoms. The lowest BCUT2D eigenvalue weighted by molar-refractivity contribution is 0.464. The summed E-state index contributed by atoms with van der Waals surface area (Å²) in [4.78, 5) is 5.04. The zero-order valence-electron chi connectivity index (χ0n) is 44.8. The molecule has 0 N–H and O–H groups in total. The number of rotatable bonds is 6. The van der Waals surface area contributed by atoms with Crippen LogP contribution in [0.15, 0.2) is 248 Å². The van der Waals surface area contributed by atoms with Crippen LogP contribution in [-0.4, -0.2) is 22.6 Å². The fraction of sp³-hybridized carbons (Fsp3) is 0.0685. The van der Waals surface area contributed by atoms with E-state index in [0.29, 0.717) is 0 Å². The summed E-state index contributed by atoms with van der Waals surface area (Å²) in [6, 6.07) is 89.5. The topological polar surface area (TPSA) is 34.8 Å². The van der Waals surface area contributed by atoms with Crippen molar-refractivity contribution in [1.29, 1.82) is 0 Å². The van der Waals surface area contributed by atoms with Gasteiger partial charge in [0, 0.05) is 84.9 Å². The standard InChI is InChI=1S/C73H50B2N4O2/c1-3-73(4-2)54-32-16-11-31-53(54)71-72(73)75-57-43-56-65(44-66(57)81-68-42-48(40-64(70(68)75)79(71)46-25-9-6-10-26-46)78-60-36-20-14-29-51(60)52-30-15-21-37-61(52)78)80-67-41-47(77-58-34-18-12-27-49(58)50-28-13-19-35-59(50)77)39-63-69(67)74(56)55-33-17-22-38-62(55)76(63)45-23-7-5-8-24-45/h5-44H,3-4H2,1-2H3. The van der Waals surface area contributed by atoms with Gasteiger partial charge in [-0.25, -0.2) is 0 Å². The summed E-state index contributed by atoms with van der Waals surface area (Å²) in [5, 5.41) is 4.88. The molecule has 18 rings (SSSR count). The van der Waals surface area contributed by atoms with E-state index in [-0.39, 0.29) is 18.8 Å². The molecule has 6 heterocycles. The molecule has 11 aromatic carbocycles. The van der Waals surface area contributed by atoms with E-state index in [0.717, 1.165) is 109 Å². The molecule has 380 valence electrons. The molecule has 2 aromatic heterocycles. The van der Waals surface area contributed by atoms with Gasteiger partial charge in [-0.05, 0) is 112 Å². The Morgan fingerprint density at radius 3 is 1.36 bits per heavy atom.